The molecule has 1 fully saturated rings. The van der Waals surface area contributed by atoms with E-state index in [9.17, 15) is 4.79 Å². The number of hydrogen-bond acceptors (Lipinski definition) is 4. The number of H-pyrrole nitrogens is 1. The Kier molecular flexibility index (Phi) is 5.10. The number of nitrogens with zero attached hydrogens (tertiary/aromatic N) is 3. The molecule has 2 heterocycles. The number of ether oxygens (including phenoxy) is 1. The lowest BCUT2D eigenvalue weighted by Crippen LogP contribution is -2.37. The van der Waals surface area contributed by atoms with Gasteiger partial charge in [-0.05, 0) is 48.1 Å². The van der Waals surface area contributed by atoms with E-state index in [1.807, 2.05) is 32.3 Å². The third kappa shape index (κ3) is 3.91. The van der Waals surface area contributed by atoms with Crippen molar-refractivity contribution in [2.75, 3.05) is 14.1 Å². The number of benzene rings is 1. The second-order valence-electron chi connectivity index (χ2n) is 7.48. The van der Waals surface area contributed by atoms with E-state index in [1.165, 1.54) is 5.56 Å². The minimum absolute atomic E-state index is 0.166. The van der Waals surface area contributed by atoms with Crippen LogP contribution in [-0.2, 0) is 11.4 Å². The topological polar surface area (TPSA) is 71.1 Å². The van der Waals surface area contributed by atoms with Crippen LogP contribution in [0.3, 0.4) is 0 Å². The van der Waals surface area contributed by atoms with Gasteiger partial charge in [0.25, 0.3) is 0 Å². The molecule has 144 valence electrons. The third-order valence-corrected chi connectivity index (χ3v) is 5.27. The van der Waals surface area contributed by atoms with Gasteiger partial charge in [0.05, 0.1) is 17.6 Å². The van der Waals surface area contributed by atoms with Gasteiger partial charge in [-0.1, -0.05) is 24.3 Å². The second kappa shape index (κ2) is 7.84. The maximum absolute atomic E-state index is 12.0. The Morgan fingerprint density at radius 3 is 2.75 bits per heavy atom. The molecule has 0 unspecified atom stereocenters. The van der Waals surface area contributed by atoms with Crippen molar-refractivity contribution in [3.05, 3.63) is 66.0 Å². The molecule has 1 aromatic carbocycles. The van der Waals surface area contributed by atoms with Crippen molar-refractivity contribution in [3.8, 4) is 17.1 Å². The standard InChI is InChI=1S/C22H24N4O2/c1-26(2)22(27)18-11-17(12-18)16-5-3-4-15(10-16)14-28-19-6-7-20(23-13-19)21-8-9-24-25-21/h3-10,13,17-18H,11-12,14H2,1-2H3,(H,24,25)/t17-,18-. The van der Waals surface area contributed by atoms with Crippen LogP contribution >= 0.6 is 0 Å². The molecule has 0 saturated heterocycles. The smallest absolute Gasteiger partial charge is 0.225 e. The van der Waals surface area contributed by atoms with Crippen LogP contribution in [0.1, 0.15) is 29.9 Å². The molecular weight excluding hydrogens is 352 g/mol. The summed E-state index contributed by atoms with van der Waals surface area (Å²) in [5, 5.41) is 6.83. The van der Waals surface area contributed by atoms with Crippen LogP contribution in [0.2, 0.25) is 0 Å². The van der Waals surface area contributed by atoms with Crippen LogP contribution < -0.4 is 4.74 Å². The van der Waals surface area contributed by atoms with E-state index < -0.39 is 0 Å². The van der Waals surface area contributed by atoms with Crippen LogP contribution in [0.5, 0.6) is 5.75 Å². The van der Waals surface area contributed by atoms with E-state index in [1.54, 1.807) is 17.3 Å². The summed E-state index contributed by atoms with van der Waals surface area (Å²) < 4.78 is 5.89. The van der Waals surface area contributed by atoms with Gasteiger partial charge < -0.3 is 9.64 Å². The number of aromatic amines is 1. The fourth-order valence-electron chi connectivity index (χ4n) is 3.58. The summed E-state index contributed by atoms with van der Waals surface area (Å²) >= 11 is 0. The van der Waals surface area contributed by atoms with Crippen molar-refractivity contribution in [2.24, 2.45) is 5.92 Å². The first-order valence-electron chi connectivity index (χ1n) is 9.49. The molecule has 6 nitrogen and oxygen atoms in total. The predicted octanol–water partition coefficient (Wildman–Crippen LogP) is 3.63. The Hall–Kier alpha value is -3.15. The Bertz CT molecular complexity index is 929. The first-order valence-corrected chi connectivity index (χ1v) is 9.49. The zero-order chi connectivity index (χ0) is 19.5. The number of carbonyl (C=O) groups is 1. The van der Waals surface area contributed by atoms with Gasteiger partial charge in [0.15, 0.2) is 0 Å². The van der Waals surface area contributed by atoms with Gasteiger partial charge in [0.2, 0.25) is 5.91 Å². The molecule has 1 saturated carbocycles. The zero-order valence-electron chi connectivity index (χ0n) is 16.1. The molecule has 0 aliphatic heterocycles. The Morgan fingerprint density at radius 2 is 2.07 bits per heavy atom. The number of nitrogens with one attached hydrogen (secondary N) is 1. The fourth-order valence-corrected chi connectivity index (χ4v) is 3.58. The van der Waals surface area contributed by atoms with Gasteiger partial charge in [0, 0.05) is 26.2 Å². The normalized spacial score (nSPS) is 18.4. The van der Waals surface area contributed by atoms with Gasteiger partial charge in [-0.15, -0.1) is 0 Å². The number of amides is 1. The first-order chi connectivity index (χ1) is 13.6. The summed E-state index contributed by atoms with van der Waals surface area (Å²) in [6, 6.07) is 14.2. The van der Waals surface area contributed by atoms with Crippen LogP contribution in [0.25, 0.3) is 11.4 Å². The van der Waals surface area contributed by atoms with E-state index >= 15 is 0 Å². The Labute approximate surface area is 164 Å². The molecule has 1 aliphatic rings. The van der Waals surface area contributed by atoms with Crippen LogP contribution in [0.15, 0.2) is 54.9 Å². The molecule has 3 aromatic rings. The SMILES string of the molecule is CN(C)C(=O)[C@H]1C[C@H](c2cccc(COc3ccc(-c4ccn[nH]4)nc3)c2)C1. The van der Waals surface area contributed by atoms with Crippen LogP contribution in [0.4, 0.5) is 0 Å². The third-order valence-electron chi connectivity index (χ3n) is 5.27. The van der Waals surface area contributed by atoms with Crippen molar-refractivity contribution in [1.82, 2.24) is 20.1 Å². The van der Waals surface area contributed by atoms with Crippen molar-refractivity contribution >= 4 is 5.91 Å². The van der Waals surface area contributed by atoms with Crippen molar-refractivity contribution in [3.63, 3.8) is 0 Å². The lowest BCUT2D eigenvalue weighted by molar-refractivity contribution is -0.136. The van der Waals surface area contributed by atoms with Crippen molar-refractivity contribution < 1.29 is 9.53 Å². The molecule has 4 rings (SSSR count). The first kappa shape index (κ1) is 18.2. The van der Waals surface area contributed by atoms with Gasteiger partial charge >= 0.3 is 0 Å². The maximum atomic E-state index is 12.0. The number of pyridine rings is 1. The summed E-state index contributed by atoms with van der Waals surface area (Å²) in [5.74, 6) is 1.60. The average molecular weight is 376 g/mol. The molecule has 0 spiro atoms. The van der Waals surface area contributed by atoms with Crippen LogP contribution in [0, 0.1) is 5.92 Å². The Balaban J connectivity index is 1.34. The van der Waals surface area contributed by atoms with E-state index in [4.69, 9.17) is 4.74 Å². The average Bonchev–Trinajstić information content (AvgIpc) is 3.20. The Morgan fingerprint density at radius 1 is 1.21 bits per heavy atom. The lowest BCUT2D eigenvalue weighted by Gasteiger charge is -2.36. The molecule has 2 aromatic heterocycles. The molecule has 1 N–H and O–H groups in total. The highest BCUT2D eigenvalue weighted by atomic mass is 16.5. The highest BCUT2D eigenvalue weighted by molar-refractivity contribution is 5.79. The summed E-state index contributed by atoms with van der Waals surface area (Å²) in [4.78, 5) is 18.1. The number of carbonyl (C=O) groups excluding carboxylic acids is 1. The largest absolute Gasteiger partial charge is 0.487 e. The highest BCUT2D eigenvalue weighted by Gasteiger charge is 2.36. The molecule has 0 radical (unpaired) electrons. The van der Waals surface area contributed by atoms with Gasteiger partial charge in [0.1, 0.15) is 12.4 Å². The summed E-state index contributed by atoms with van der Waals surface area (Å²) in [6.07, 6.45) is 5.29. The molecule has 6 heteroatoms. The van der Waals surface area contributed by atoms with Gasteiger partial charge in [-0.2, -0.15) is 5.10 Å². The van der Waals surface area contributed by atoms with E-state index in [2.05, 4.69) is 39.4 Å². The fraction of sp³-hybridized carbons (Fsp3) is 0.318. The van der Waals surface area contributed by atoms with Gasteiger partial charge in [-0.3, -0.25) is 14.9 Å². The minimum atomic E-state index is 0.166. The molecule has 1 aliphatic carbocycles. The van der Waals surface area contributed by atoms with E-state index in [0.29, 0.717) is 12.5 Å². The number of rotatable bonds is 6. The maximum Gasteiger partial charge on any atom is 0.225 e. The minimum Gasteiger partial charge on any atom is -0.487 e. The van der Waals surface area contributed by atoms with Crippen molar-refractivity contribution in [2.45, 2.75) is 25.4 Å². The highest BCUT2D eigenvalue weighted by Crippen LogP contribution is 2.42. The predicted molar refractivity (Wildman–Crippen MR) is 107 cm³/mol. The number of aromatic nitrogens is 3. The summed E-state index contributed by atoms with van der Waals surface area (Å²) in [7, 11) is 3.65. The van der Waals surface area contributed by atoms with E-state index in [-0.39, 0.29) is 11.8 Å². The molecule has 1 amide bonds. The van der Waals surface area contributed by atoms with E-state index in [0.717, 1.165) is 35.5 Å². The second-order valence-corrected chi connectivity index (χ2v) is 7.48. The summed E-state index contributed by atoms with van der Waals surface area (Å²) in [6.45, 7) is 0.492. The zero-order valence-corrected chi connectivity index (χ0v) is 16.1. The molecule has 28 heavy (non-hydrogen) atoms. The number of hydrogen-bond donors (Lipinski definition) is 1. The summed E-state index contributed by atoms with van der Waals surface area (Å²) in [5.41, 5.74) is 4.12. The molecule has 0 atom stereocenters. The van der Waals surface area contributed by atoms with Gasteiger partial charge in [-0.25, -0.2) is 0 Å². The van der Waals surface area contributed by atoms with Crippen molar-refractivity contribution in [1.29, 1.82) is 0 Å². The lowest BCUT2D eigenvalue weighted by atomic mass is 9.70. The molecular formula is C22H24N4O2. The quantitative estimate of drug-likeness (QED) is 0.713. The monoisotopic (exact) mass is 376 g/mol. The molecule has 0 bridgehead atoms. The van der Waals surface area contributed by atoms with Crippen LogP contribution in [-0.4, -0.2) is 40.1 Å².